The van der Waals surface area contributed by atoms with E-state index in [4.69, 9.17) is 0 Å². The SMILES string of the molecule is O=C(ON1C(=O)c2ccccc2C1=O)ON1C(=O)c2ccccc2C1=O. The van der Waals surface area contributed by atoms with Crippen LogP contribution in [0, 0.1) is 0 Å². The van der Waals surface area contributed by atoms with Crippen LogP contribution in [0.3, 0.4) is 0 Å². The van der Waals surface area contributed by atoms with Gasteiger partial charge in [-0.15, -0.1) is 0 Å². The molecular weight excluding hydrogens is 344 g/mol. The van der Waals surface area contributed by atoms with Crippen LogP contribution in [-0.2, 0) is 9.68 Å². The highest BCUT2D eigenvalue weighted by molar-refractivity contribution is 6.21. The third-order valence-corrected chi connectivity index (χ3v) is 3.85. The van der Waals surface area contributed by atoms with Gasteiger partial charge in [0.15, 0.2) is 0 Å². The molecular formula is C17H8N2O7. The van der Waals surface area contributed by atoms with Crippen molar-refractivity contribution in [1.29, 1.82) is 0 Å². The van der Waals surface area contributed by atoms with E-state index >= 15 is 0 Å². The van der Waals surface area contributed by atoms with Crippen molar-refractivity contribution in [3.8, 4) is 0 Å². The Morgan fingerprint density at radius 2 is 0.846 bits per heavy atom. The van der Waals surface area contributed by atoms with Gasteiger partial charge in [-0.25, -0.2) is 0 Å². The number of fused-ring (bicyclic) bond motifs is 2. The topological polar surface area (TPSA) is 110 Å². The Morgan fingerprint density at radius 3 is 1.12 bits per heavy atom. The number of imide groups is 2. The first-order chi connectivity index (χ1) is 12.5. The standard InChI is InChI=1S/C17H8N2O7/c20-13-9-5-1-2-6-10(9)14(21)18(13)25-17(24)26-19-15(22)11-7-3-4-8-12(11)16(19)23/h1-8H. The average molecular weight is 352 g/mol. The monoisotopic (exact) mass is 352 g/mol. The largest absolute Gasteiger partial charge is 0.560 e. The average Bonchev–Trinajstić information content (AvgIpc) is 3.03. The van der Waals surface area contributed by atoms with Gasteiger partial charge in [0, 0.05) is 0 Å². The lowest BCUT2D eigenvalue weighted by atomic mass is 10.1. The van der Waals surface area contributed by atoms with Crippen molar-refractivity contribution in [3.05, 3.63) is 70.8 Å². The zero-order chi connectivity index (χ0) is 18.4. The fourth-order valence-corrected chi connectivity index (χ4v) is 2.67. The van der Waals surface area contributed by atoms with E-state index in [0.29, 0.717) is 0 Å². The summed E-state index contributed by atoms with van der Waals surface area (Å²) in [7, 11) is 0. The van der Waals surface area contributed by atoms with Crippen LogP contribution in [0.5, 0.6) is 0 Å². The minimum Gasteiger partial charge on any atom is -0.293 e. The molecule has 9 heteroatoms. The summed E-state index contributed by atoms with van der Waals surface area (Å²) in [4.78, 5) is 69.6. The van der Waals surface area contributed by atoms with Crippen molar-refractivity contribution in [1.82, 2.24) is 10.1 Å². The molecule has 0 unspecified atom stereocenters. The molecule has 0 atom stereocenters. The highest BCUT2D eigenvalue weighted by Crippen LogP contribution is 2.25. The van der Waals surface area contributed by atoms with Gasteiger partial charge in [-0.1, -0.05) is 34.4 Å². The number of hydrogen-bond donors (Lipinski definition) is 0. The van der Waals surface area contributed by atoms with Gasteiger partial charge in [-0.05, 0) is 24.3 Å². The third-order valence-electron chi connectivity index (χ3n) is 3.85. The quantitative estimate of drug-likeness (QED) is 0.754. The molecule has 2 heterocycles. The minimum atomic E-state index is -1.57. The molecule has 128 valence electrons. The molecule has 0 spiro atoms. The lowest BCUT2D eigenvalue weighted by molar-refractivity contribution is -0.121. The predicted molar refractivity (Wildman–Crippen MR) is 81.5 cm³/mol. The summed E-state index contributed by atoms with van der Waals surface area (Å²) < 4.78 is 0. The maximum absolute atomic E-state index is 12.1. The fraction of sp³-hybridized carbons (Fsp3) is 0. The summed E-state index contributed by atoms with van der Waals surface area (Å²) in [5, 5.41) is 0.427. The molecule has 2 aliphatic heterocycles. The fourth-order valence-electron chi connectivity index (χ4n) is 2.67. The van der Waals surface area contributed by atoms with Gasteiger partial charge in [0.05, 0.1) is 22.3 Å². The van der Waals surface area contributed by atoms with E-state index in [1.165, 1.54) is 24.3 Å². The number of hydrogen-bond acceptors (Lipinski definition) is 7. The van der Waals surface area contributed by atoms with Crippen LogP contribution >= 0.6 is 0 Å². The van der Waals surface area contributed by atoms with Crippen molar-refractivity contribution < 1.29 is 33.6 Å². The first-order valence-electron chi connectivity index (χ1n) is 7.34. The van der Waals surface area contributed by atoms with Crippen LogP contribution in [-0.4, -0.2) is 39.9 Å². The maximum Gasteiger partial charge on any atom is 0.560 e. The number of amides is 4. The molecule has 0 aliphatic carbocycles. The van der Waals surface area contributed by atoms with E-state index in [2.05, 4.69) is 9.68 Å². The van der Waals surface area contributed by atoms with Crippen molar-refractivity contribution in [2.24, 2.45) is 0 Å². The molecule has 9 nitrogen and oxygen atoms in total. The molecule has 0 radical (unpaired) electrons. The van der Waals surface area contributed by atoms with E-state index in [1.807, 2.05) is 0 Å². The minimum absolute atomic E-state index is 0.0611. The Kier molecular flexibility index (Phi) is 3.29. The molecule has 2 aromatic rings. The van der Waals surface area contributed by atoms with Crippen molar-refractivity contribution in [2.75, 3.05) is 0 Å². The second kappa shape index (κ2) is 5.52. The van der Waals surface area contributed by atoms with Gasteiger partial charge in [0.2, 0.25) is 0 Å². The van der Waals surface area contributed by atoms with E-state index in [1.54, 1.807) is 24.3 Å². The molecule has 4 amide bonds. The molecule has 0 N–H and O–H groups in total. The van der Waals surface area contributed by atoms with Crippen LogP contribution in [0.25, 0.3) is 0 Å². The first-order valence-corrected chi connectivity index (χ1v) is 7.34. The lowest BCUT2D eigenvalue weighted by Gasteiger charge is -2.15. The summed E-state index contributed by atoms with van der Waals surface area (Å²) in [5.41, 5.74) is 0.245. The second-order valence-corrected chi connectivity index (χ2v) is 5.33. The van der Waals surface area contributed by atoms with Gasteiger partial charge in [0.25, 0.3) is 23.6 Å². The van der Waals surface area contributed by atoms with Crippen molar-refractivity contribution in [2.45, 2.75) is 0 Å². The molecule has 0 bridgehead atoms. The molecule has 0 saturated heterocycles. The van der Waals surface area contributed by atoms with Crippen LogP contribution < -0.4 is 0 Å². The Hall–Kier alpha value is -4.01. The smallest absolute Gasteiger partial charge is 0.293 e. The highest BCUT2D eigenvalue weighted by Gasteiger charge is 2.42. The summed E-state index contributed by atoms with van der Waals surface area (Å²) >= 11 is 0. The number of benzene rings is 2. The van der Waals surface area contributed by atoms with Gasteiger partial charge < -0.3 is 0 Å². The normalized spacial score (nSPS) is 15.2. The summed E-state index contributed by atoms with van der Waals surface area (Å²) in [6.45, 7) is 0. The number of rotatable bonds is 2. The van der Waals surface area contributed by atoms with Crippen LogP contribution in [0.4, 0.5) is 4.79 Å². The Bertz CT molecular complexity index is 864. The second-order valence-electron chi connectivity index (χ2n) is 5.33. The van der Waals surface area contributed by atoms with Crippen LogP contribution in [0.1, 0.15) is 41.4 Å². The zero-order valence-corrected chi connectivity index (χ0v) is 12.9. The van der Waals surface area contributed by atoms with E-state index in [0.717, 1.165) is 0 Å². The molecule has 2 aromatic carbocycles. The Balaban J connectivity index is 1.50. The van der Waals surface area contributed by atoms with E-state index < -0.39 is 29.8 Å². The van der Waals surface area contributed by atoms with Crippen LogP contribution in [0.2, 0.25) is 0 Å². The van der Waals surface area contributed by atoms with Gasteiger partial charge in [-0.3, -0.25) is 28.9 Å². The first kappa shape index (κ1) is 15.5. The molecule has 0 aromatic heterocycles. The third kappa shape index (κ3) is 2.14. The lowest BCUT2D eigenvalue weighted by Crippen LogP contribution is -2.38. The van der Waals surface area contributed by atoms with Crippen molar-refractivity contribution in [3.63, 3.8) is 0 Å². The summed E-state index contributed by atoms with van der Waals surface area (Å²) in [5.74, 6) is -3.43. The van der Waals surface area contributed by atoms with E-state index in [-0.39, 0.29) is 32.4 Å². The molecule has 26 heavy (non-hydrogen) atoms. The van der Waals surface area contributed by atoms with Gasteiger partial charge in [-0.2, -0.15) is 4.79 Å². The molecule has 0 saturated carbocycles. The van der Waals surface area contributed by atoms with Gasteiger partial charge in [0.1, 0.15) is 0 Å². The number of carbonyl (C=O) groups excluding carboxylic acids is 5. The molecule has 4 rings (SSSR count). The van der Waals surface area contributed by atoms with Gasteiger partial charge >= 0.3 is 6.16 Å². The summed E-state index contributed by atoms with van der Waals surface area (Å²) in [6, 6.07) is 11.8. The number of hydroxylamine groups is 4. The maximum atomic E-state index is 12.1. The van der Waals surface area contributed by atoms with Crippen LogP contribution in [0.15, 0.2) is 48.5 Å². The summed E-state index contributed by atoms with van der Waals surface area (Å²) in [6.07, 6.45) is -1.57. The Morgan fingerprint density at radius 1 is 0.577 bits per heavy atom. The number of carbonyl (C=O) groups is 5. The molecule has 2 aliphatic rings. The zero-order valence-electron chi connectivity index (χ0n) is 12.9. The predicted octanol–water partition coefficient (Wildman–Crippen LogP) is 1.56. The molecule has 0 fully saturated rings. The highest BCUT2D eigenvalue weighted by atomic mass is 16.9. The van der Waals surface area contributed by atoms with E-state index in [9.17, 15) is 24.0 Å². The number of nitrogens with zero attached hydrogens (tertiary/aromatic N) is 2. The Labute approximate surface area is 145 Å². The van der Waals surface area contributed by atoms with Crippen molar-refractivity contribution >= 4 is 29.8 Å².